The lowest BCUT2D eigenvalue weighted by Crippen LogP contribution is -2.09. The van der Waals surface area contributed by atoms with E-state index in [1.807, 2.05) is 31.2 Å². The molecule has 2 heteroatoms. The minimum atomic E-state index is 0.0280. The number of para-hydroxylation sites is 1. The standard InChI is InChI=1S/C13H21NO/c1-10(2)8-9-15-13-7-5-4-6-12(13)11(3)14/h4-7,10-11H,8-9,14H2,1-3H3. The Balaban J connectivity index is 2.59. The van der Waals surface area contributed by atoms with Crippen molar-refractivity contribution in [2.45, 2.75) is 33.2 Å². The van der Waals surface area contributed by atoms with Crippen molar-refractivity contribution in [3.05, 3.63) is 29.8 Å². The zero-order chi connectivity index (χ0) is 11.3. The highest BCUT2D eigenvalue weighted by Gasteiger charge is 2.06. The van der Waals surface area contributed by atoms with Gasteiger partial charge in [0.05, 0.1) is 6.61 Å². The van der Waals surface area contributed by atoms with E-state index >= 15 is 0 Å². The number of nitrogens with two attached hydrogens (primary N) is 1. The van der Waals surface area contributed by atoms with Gasteiger partial charge in [0.15, 0.2) is 0 Å². The number of benzene rings is 1. The average molecular weight is 207 g/mol. The van der Waals surface area contributed by atoms with E-state index in [1.165, 1.54) is 0 Å². The van der Waals surface area contributed by atoms with Crippen molar-refractivity contribution in [3.8, 4) is 5.75 Å². The fourth-order valence-electron chi connectivity index (χ4n) is 1.39. The predicted octanol–water partition coefficient (Wildman–Crippen LogP) is 3.13. The van der Waals surface area contributed by atoms with E-state index in [0.717, 1.165) is 24.3 Å². The van der Waals surface area contributed by atoms with Gasteiger partial charge in [-0.05, 0) is 25.3 Å². The van der Waals surface area contributed by atoms with Gasteiger partial charge in [-0.1, -0.05) is 32.0 Å². The first-order chi connectivity index (χ1) is 7.11. The Kier molecular flexibility index (Phi) is 4.63. The summed E-state index contributed by atoms with van der Waals surface area (Å²) in [5.74, 6) is 1.60. The van der Waals surface area contributed by atoms with Crippen LogP contribution < -0.4 is 10.5 Å². The van der Waals surface area contributed by atoms with Crippen LogP contribution in [0.25, 0.3) is 0 Å². The summed E-state index contributed by atoms with van der Waals surface area (Å²) < 4.78 is 5.73. The van der Waals surface area contributed by atoms with Crippen LogP contribution in [-0.2, 0) is 0 Å². The van der Waals surface area contributed by atoms with Crippen LogP contribution in [0.15, 0.2) is 24.3 Å². The third-order valence-electron chi connectivity index (χ3n) is 2.36. The molecule has 0 saturated heterocycles. The summed E-state index contributed by atoms with van der Waals surface area (Å²) in [7, 11) is 0. The Morgan fingerprint density at radius 2 is 1.87 bits per heavy atom. The van der Waals surface area contributed by atoms with Crippen LogP contribution in [0.1, 0.15) is 38.8 Å². The van der Waals surface area contributed by atoms with Gasteiger partial charge in [0.25, 0.3) is 0 Å². The lowest BCUT2D eigenvalue weighted by Gasteiger charge is -2.14. The van der Waals surface area contributed by atoms with Crippen LogP contribution in [0.4, 0.5) is 0 Å². The molecule has 0 spiro atoms. The largest absolute Gasteiger partial charge is 0.493 e. The fourth-order valence-corrected chi connectivity index (χ4v) is 1.39. The third kappa shape index (κ3) is 3.92. The number of rotatable bonds is 5. The minimum absolute atomic E-state index is 0.0280. The van der Waals surface area contributed by atoms with E-state index in [2.05, 4.69) is 13.8 Å². The van der Waals surface area contributed by atoms with E-state index in [4.69, 9.17) is 10.5 Å². The quantitative estimate of drug-likeness (QED) is 0.805. The molecule has 0 heterocycles. The van der Waals surface area contributed by atoms with Crippen LogP contribution in [0.3, 0.4) is 0 Å². The first kappa shape index (κ1) is 12.1. The summed E-state index contributed by atoms with van der Waals surface area (Å²) in [5, 5.41) is 0. The number of hydrogen-bond donors (Lipinski definition) is 1. The molecule has 2 N–H and O–H groups in total. The maximum atomic E-state index is 5.87. The summed E-state index contributed by atoms with van der Waals surface area (Å²) >= 11 is 0. The molecule has 0 amide bonds. The van der Waals surface area contributed by atoms with Gasteiger partial charge in [0.2, 0.25) is 0 Å². The van der Waals surface area contributed by atoms with Crippen molar-refractivity contribution in [1.82, 2.24) is 0 Å². The van der Waals surface area contributed by atoms with E-state index in [-0.39, 0.29) is 6.04 Å². The predicted molar refractivity (Wildman–Crippen MR) is 64.0 cm³/mol. The fraction of sp³-hybridized carbons (Fsp3) is 0.538. The van der Waals surface area contributed by atoms with E-state index in [1.54, 1.807) is 0 Å². The normalized spacial score (nSPS) is 12.9. The molecule has 0 aliphatic carbocycles. The Morgan fingerprint density at radius 1 is 1.20 bits per heavy atom. The van der Waals surface area contributed by atoms with Gasteiger partial charge >= 0.3 is 0 Å². The highest BCUT2D eigenvalue weighted by molar-refractivity contribution is 5.35. The first-order valence-electron chi connectivity index (χ1n) is 5.58. The monoisotopic (exact) mass is 207 g/mol. The summed E-state index contributed by atoms with van der Waals surface area (Å²) in [6, 6.07) is 8.01. The Morgan fingerprint density at radius 3 is 2.47 bits per heavy atom. The molecule has 0 radical (unpaired) electrons. The molecule has 0 fully saturated rings. The molecule has 1 rings (SSSR count). The van der Waals surface area contributed by atoms with Gasteiger partial charge in [-0.2, -0.15) is 0 Å². The Bertz CT molecular complexity index is 294. The zero-order valence-electron chi connectivity index (χ0n) is 9.86. The molecule has 0 aliphatic heterocycles. The molecule has 15 heavy (non-hydrogen) atoms. The molecule has 2 nitrogen and oxygen atoms in total. The maximum absolute atomic E-state index is 5.87. The molecule has 1 atom stereocenters. The molecular weight excluding hydrogens is 186 g/mol. The smallest absolute Gasteiger partial charge is 0.124 e. The van der Waals surface area contributed by atoms with Gasteiger partial charge in [0.1, 0.15) is 5.75 Å². The molecule has 1 aromatic rings. The van der Waals surface area contributed by atoms with Crippen molar-refractivity contribution in [3.63, 3.8) is 0 Å². The lowest BCUT2D eigenvalue weighted by molar-refractivity contribution is 0.286. The third-order valence-corrected chi connectivity index (χ3v) is 2.36. The van der Waals surface area contributed by atoms with Crippen LogP contribution in [0.5, 0.6) is 5.75 Å². The van der Waals surface area contributed by atoms with Crippen molar-refractivity contribution in [2.75, 3.05) is 6.61 Å². The Hall–Kier alpha value is -1.02. The Labute approximate surface area is 92.4 Å². The number of ether oxygens (including phenoxy) is 1. The van der Waals surface area contributed by atoms with Gasteiger partial charge in [-0.15, -0.1) is 0 Å². The second kappa shape index (κ2) is 5.76. The first-order valence-corrected chi connectivity index (χ1v) is 5.58. The molecule has 0 aromatic heterocycles. The van der Waals surface area contributed by atoms with E-state index < -0.39 is 0 Å². The molecular formula is C13H21NO. The zero-order valence-corrected chi connectivity index (χ0v) is 9.86. The highest BCUT2D eigenvalue weighted by atomic mass is 16.5. The second-order valence-electron chi connectivity index (χ2n) is 4.36. The van der Waals surface area contributed by atoms with Crippen molar-refractivity contribution in [1.29, 1.82) is 0 Å². The summed E-state index contributed by atoms with van der Waals surface area (Å²) in [6.45, 7) is 7.13. The van der Waals surface area contributed by atoms with Crippen molar-refractivity contribution in [2.24, 2.45) is 11.7 Å². The minimum Gasteiger partial charge on any atom is -0.493 e. The molecule has 0 aliphatic rings. The maximum Gasteiger partial charge on any atom is 0.124 e. The molecule has 84 valence electrons. The second-order valence-corrected chi connectivity index (χ2v) is 4.36. The van der Waals surface area contributed by atoms with Gasteiger partial charge in [-0.3, -0.25) is 0 Å². The topological polar surface area (TPSA) is 35.2 Å². The van der Waals surface area contributed by atoms with Crippen LogP contribution >= 0.6 is 0 Å². The summed E-state index contributed by atoms with van der Waals surface area (Å²) in [5.41, 5.74) is 6.95. The average Bonchev–Trinajstić information content (AvgIpc) is 2.17. The lowest BCUT2D eigenvalue weighted by atomic mass is 10.1. The van der Waals surface area contributed by atoms with Crippen molar-refractivity contribution < 1.29 is 4.74 Å². The molecule has 1 aromatic carbocycles. The summed E-state index contributed by atoms with van der Waals surface area (Å²) in [6.07, 6.45) is 1.08. The van der Waals surface area contributed by atoms with Crippen LogP contribution in [0.2, 0.25) is 0 Å². The van der Waals surface area contributed by atoms with Crippen LogP contribution in [-0.4, -0.2) is 6.61 Å². The molecule has 1 unspecified atom stereocenters. The van der Waals surface area contributed by atoms with Crippen LogP contribution in [0, 0.1) is 5.92 Å². The SMILES string of the molecule is CC(C)CCOc1ccccc1C(C)N. The van der Waals surface area contributed by atoms with E-state index in [9.17, 15) is 0 Å². The van der Waals surface area contributed by atoms with Gasteiger partial charge in [-0.25, -0.2) is 0 Å². The highest BCUT2D eigenvalue weighted by Crippen LogP contribution is 2.23. The van der Waals surface area contributed by atoms with Gasteiger partial charge in [0, 0.05) is 11.6 Å². The van der Waals surface area contributed by atoms with E-state index in [0.29, 0.717) is 5.92 Å². The molecule has 0 bridgehead atoms. The summed E-state index contributed by atoms with van der Waals surface area (Å²) in [4.78, 5) is 0. The van der Waals surface area contributed by atoms with Crippen molar-refractivity contribution >= 4 is 0 Å². The number of hydrogen-bond acceptors (Lipinski definition) is 2. The van der Waals surface area contributed by atoms with Gasteiger partial charge < -0.3 is 10.5 Å². The molecule has 0 saturated carbocycles.